The predicted octanol–water partition coefficient (Wildman–Crippen LogP) is 1.46. The van der Waals surface area contributed by atoms with Crippen LogP contribution < -0.4 is 5.32 Å². The summed E-state index contributed by atoms with van der Waals surface area (Å²) in [5.41, 5.74) is -0.217. The molecule has 0 aliphatic heterocycles. The number of Topliss-reactive ketones (excluding diaryl/α,β-unsaturated/α-hetero) is 1. The standard InChI is InChI=1S/C23H43NO7/c1-15(2)14-31-12-8-11-24-22(29)16(3)13-18(26)21(30-7)20(28)19(27)17(25)9-10-23(4,5)6/h9-10,15-17,19-21,25,27-28H,8,11-14H2,1-7H3,(H,24,29)/b10-9+/t16-,17-,19+,20-,21+/m1/s1. The highest BCUT2D eigenvalue weighted by molar-refractivity contribution is 5.89. The third-order valence-electron chi connectivity index (χ3n) is 4.55. The summed E-state index contributed by atoms with van der Waals surface area (Å²) in [4.78, 5) is 24.8. The van der Waals surface area contributed by atoms with Gasteiger partial charge in [0.1, 0.15) is 24.4 Å². The predicted molar refractivity (Wildman–Crippen MR) is 119 cm³/mol. The average molecular weight is 446 g/mol. The number of aliphatic hydroxyl groups excluding tert-OH is 3. The molecule has 0 saturated heterocycles. The highest BCUT2D eigenvalue weighted by Crippen LogP contribution is 2.18. The molecule has 1 amide bonds. The van der Waals surface area contributed by atoms with Crippen LogP contribution in [0.3, 0.4) is 0 Å². The fourth-order valence-corrected chi connectivity index (χ4v) is 2.73. The minimum atomic E-state index is -1.63. The minimum absolute atomic E-state index is 0.161. The first-order valence-electron chi connectivity index (χ1n) is 10.9. The van der Waals surface area contributed by atoms with Crippen molar-refractivity contribution in [1.29, 1.82) is 0 Å². The Kier molecular flexibility index (Phi) is 14.1. The van der Waals surface area contributed by atoms with Crippen LogP contribution in [0.1, 0.15) is 54.4 Å². The van der Waals surface area contributed by atoms with Crippen molar-refractivity contribution in [2.45, 2.75) is 78.8 Å². The summed E-state index contributed by atoms with van der Waals surface area (Å²) in [5, 5.41) is 33.4. The molecule has 0 unspecified atom stereocenters. The number of carbonyl (C=O) groups excluding carboxylic acids is 2. The molecule has 0 radical (unpaired) electrons. The van der Waals surface area contributed by atoms with Crippen LogP contribution in [0.25, 0.3) is 0 Å². The normalized spacial score (nSPS) is 17.4. The number of ether oxygens (including phenoxy) is 2. The lowest BCUT2D eigenvalue weighted by atomic mass is 9.92. The van der Waals surface area contributed by atoms with Gasteiger partial charge in [0.05, 0.1) is 0 Å². The molecule has 0 saturated carbocycles. The summed E-state index contributed by atoms with van der Waals surface area (Å²) in [5.74, 6) is -0.977. The van der Waals surface area contributed by atoms with Gasteiger partial charge in [-0.1, -0.05) is 53.7 Å². The van der Waals surface area contributed by atoms with E-state index < -0.39 is 36.1 Å². The van der Waals surface area contributed by atoms with E-state index in [1.165, 1.54) is 13.2 Å². The van der Waals surface area contributed by atoms with Gasteiger partial charge in [0.2, 0.25) is 5.91 Å². The van der Waals surface area contributed by atoms with E-state index >= 15 is 0 Å². The number of methoxy groups -OCH3 is 1. The number of carbonyl (C=O) groups is 2. The number of hydrogen-bond acceptors (Lipinski definition) is 7. The lowest BCUT2D eigenvalue weighted by molar-refractivity contribution is -0.149. The second kappa shape index (κ2) is 14.7. The van der Waals surface area contributed by atoms with Gasteiger partial charge in [-0.05, 0) is 17.8 Å². The third-order valence-corrected chi connectivity index (χ3v) is 4.55. The molecule has 0 bridgehead atoms. The first kappa shape index (κ1) is 29.7. The van der Waals surface area contributed by atoms with E-state index in [2.05, 4.69) is 19.2 Å². The Morgan fingerprint density at radius 3 is 2.19 bits per heavy atom. The fraction of sp³-hybridized carbons (Fsp3) is 0.826. The first-order valence-corrected chi connectivity index (χ1v) is 10.9. The second-order valence-electron chi connectivity index (χ2n) is 9.54. The molecule has 182 valence electrons. The lowest BCUT2D eigenvalue weighted by Crippen LogP contribution is -2.48. The van der Waals surface area contributed by atoms with Gasteiger partial charge in [-0.3, -0.25) is 9.59 Å². The van der Waals surface area contributed by atoms with Crippen LogP contribution in [0.2, 0.25) is 0 Å². The quantitative estimate of drug-likeness (QED) is 0.222. The lowest BCUT2D eigenvalue weighted by Gasteiger charge is -2.27. The van der Waals surface area contributed by atoms with E-state index in [0.29, 0.717) is 32.1 Å². The van der Waals surface area contributed by atoms with Gasteiger partial charge in [0.25, 0.3) is 0 Å². The van der Waals surface area contributed by atoms with Crippen molar-refractivity contribution in [2.75, 3.05) is 26.9 Å². The Hall–Kier alpha value is -1.32. The SMILES string of the molecule is CO[C@@H](C(=O)C[C@@H](C)C(=O)NCCCOCC(C)C)[C@H](O)[C@@H](O)[C@H](O)/C=C/C(C)(C)C. The molecule has 5 atom stereocenters. The van der Waals surface area contributed by atoms with E-state index in [1.807, 2.05) is 20.8 Å². The number of allylic oxidation sites excluding steroid dienone is 1. The summed E-state index contributed by atoms with van der Waals surface area (Å²) >= 11 is 0. The van der Waals surface area contributed by atoms with Gasteiger partial charge in [-0.2, -0.15) is 0 Å². The van der Waals surface area contributed by atoms with Crippen LogP contribution in [0.4, 0.5) is 0 Å². The maximum absolute atomic E-state index is 12.6. The highest BCUT2D eigenvalue weighted by atomic mass is 16.5. The van der Waals surface area contributed by atoms with Crippen molar-refractivity contribution in [3.05, 3.63) is 12.2 Å². The summed E-state index contributed by atoms with van der Waals surface area (Å²) < 4.78 is 10.5. The molecule has 0 heterocycles. The molecule has 0 fully saturated rings. The van der Waals surface area contributed by atoms with Crippen LogP contribution in [0, 0.1) is 17.3 Å². The van der Waals surface area contributed by atoms with Crippen LogP contribution in [-0.2, 0) is 19.1 Å². The second-order valence-corrected chi connectivity index (χ2v) is 9.54. The van der Waals surface area contributed by atoms with Gasteiger partial charge < -0.3 is 30.1 Å². The molecule has 31 heavy (non-hydrogen) atoms. The summed E-state index contributed by atoms with van der Waals surface area (Å²) in [7, 11) is 1.23. The van der Waals surface area contributed by atoms with E-state index in [-0.39, 0.29) is 17.7 Å². The molecule has 0 aromatic rings. The van der Waals surface area contributed by atoms with E-state index in [4.69, 9.17) is 9.47 Å². The fourth-order valence-electron chi connectivity index (χ4n) is 2.73. The number of rotatable bonds is 15. The van der Waals surface area contributed by atoms with E-state index in [0.717, 1.165) is 0 Å². The van der Waals surface area contributed by atoms with Gasteiger partial charge in [0, 0.05) is 39.2 Å². The number of amides is 1. The van der Waals surface area contributed by atoms with Crippen molar-refractivity contribution < 1.29 is 34.4 Å². The molecule has 8 heteroatoms. The topological polar surface area (TPSA) is 125 Å². The van der Waals surface area contributed by atoms with Crippen LogP contribution in [0.15, 0.2) is 12.2 Å². The van der Waals surface area contributed by atoms with Gasteiger partial charge in [-0.25, -0.2) is 0 Å². The Morgan fingerprint density at radius 2 is 1.68 bits per heavy atom. The summed E-state index contributed by atoms with van der Waals surface area (Å²) in [6, 6.07) is 0. The van der Waals surface area contributed by atoms with Crippen LogP contribution in [-0.4, -0.2) is 78.3 Å². The summed E-state index contributed by atoms with van der Waals surface area (Å²) in [6.07, 6.45) is -2.36. The average Bonchev–Trinajstić information content (AvgIpc) is 2.67. The number of aliphatic hydroxyl groups is 3. The van der Waals surface area contributed by atoms with Crippen molar-refractivity contribution in [3.63, 3.8) is 0 Å². The molecule has 0 aliphatic carbocycles. The number of hydrogen-bond donors (Lipinski definition) is 4. The number of nitrogens with one attached hydrogen (secondary N) is 1. The largest absolute Gasteiger partial charge is 0.387 e. The maximum Gasteiger partial charge on any atom is 0.223 e. The minimum Gasteiger partial charge on any atom is -0.387 e. The van der Waals surface area contributed by atoms with Crippen molar-refractivity contribution >= 4 is 11.7 Å². The Labute approximate surface area is 187 Å². The molecule has 0 rings (SSSR count). The van der Waals surface area contributed by atoms with Gasteiger partial charge in [-0.15, -0.1) is 0 Å². The third kappa shape index (κ3) is 13.0. The summed E-state index contributed by atoms with van der Waals surface area (Å²) in [6.45, 7) is 13.2. The molecule has 4 N–H and O–H groups in total. The zero-order valence-corrected chi connectivity index (χ0v) is 20.1. The number of ketones is 1. The molecule has 0 aromatic carbocycles. The van der Waals surface area contributed by atoms with Crippen LogP contribution in [0.5, 0.6) is 0 Å². The zero-order valence-electron chi connectivity index (χ0n) is 20.1. The molecule has 8 nitrogen and oxygen atoms in total. The van der Waals surface area contributed by atoms with Crippen molar-refractivity contribution in [1.82, 2.24) is 5.32 Å². The smallest absolute Gasteiger partial charge is 0.223 e. The van der Waals surface area contributed by atoms with Crippen molar-refractivity contribution in [3.8, 4) is 0 Å². The Morgan fingerprint density at radius 1 is 1.06 bits per heavy atom. The molecular formula is C23H43NO7. The monoisotopic (exact) mass is 445 g/mol. The molecular weight excluding hydrogens is 402 g/mol. The zero-order chi connectivity index (χ0) is 24.2. The molecule has 0 aromatic heterocycles. The molecule has 0 spiro atoms. The van der Waals surface area contributed by atoms with Crippen LogP contribution >= 0.6 is 0 Å². The van der Waals surface area contributed by atoms with Gasteiger partial charge >= 0.3 is 0 Å². The Balaban J connectivity index is 4.62. The van der Waals surface area contributed by atoms with Gasteiger partial charge in [0.15, 0.2) is 5.78 Å². The maximum atomic E-state index is 12.6. The Bertz CT molecular complexity index is 557. The highest BCUT2D eigenvalue weighted by Gasteiger charge is 2.36. The van der Waals surface area contributed by atoms with E-state index in [1.54, 1.807) is 13.0 Å². The first-order chi connectivity index (χ1) is 14.3. The molecule has 0 aliphatic rings. The van der Waals surface area contributed by atoms with E-state index in [9.17, 15) is 24.9 Å². The van der Waals surface area contributed by atoms with Crippen molar-refractivity contribution in [2.24, 2.45) is 17.3 Å².